The number of likely N-dealkylation sites (tertiary alicyclic amines) is 1. The van der Waals surface area contributed by atoms with Crippen molar-refractivity contribution in [3.63, 3.8) is 0 Å². The van der Waals surface area contributed by atoms with E-state index >= 15 is 0 Å². The van der Waals surface area contributed by atoms with E-state index in [1.54, 1.807) is 0 Å². The van der Waals surface area contributed by atoms with Gasteiger partial charge in [0, 0.05) is 32.6 Å². The summed E-state index contributed by atoms with van der Waals surface area (Å²) in [6.45, 7) is 8.17. The van der Waals surface area contributed by atoms with Gasteiger partial charge in [0.1, 0.15) is 12.4 Å². The lowest BCUT2D eigenvalue weighted by molar-refractivity contribution is -0.149. The quantitative estimate of drug-likeness (QED) is 0.485. The Morgan fingerprint density at radius 1 is 1.32 bits per heavy atom. The summed E-state index contributed by atoms with van der Waals surface area (Å²) in [6.07, 6.45) is 3.99. The summed E-state index contributed by atoms with van der Waals surface area (Å²) in [7, 11) is 0. The van der Waals surface area contributed by atoms with Crippen molar-refractivity contribution in [1.29, 1.82) is 0 Å². The highest BCUT2D eigenvalue weighted by Gasteiger charge is 2.28. The molecule has 1 N–H and O–H groups in total. The molecule has 1 fully saturated rings. The average Bonchev–Trinajstić information content (AvgIpc) is 3.23. The molecular formula is C17H28N6O2. The van der Waals surface area contributed by atoms with Gasteiger partial charge in [-0.1, -0.05) is 0 Å². The first kappa shape index (κ1) is 17.7. The fraction of sp³-hybridized carbons (Fsp3) is 0.765. The minimum absolute atomic E-state index is 0.0742. The summed E-state index contributed by atoms with van der Waals surface area (Å²) < 4.78 is 7.36. The standard InChI is InChI=1S/C17H28N6O2/c1-3-18-17(19-11-15-21-20-14-8-6-10-23(14)15)22-9-5-7-13(12-22)16(24)25-4-2/h13H,3-12H2,1-2H3,(H,18,19). The van der Waals surface area contributed by atoms with E-state index in [-0.39, 0.29) is 11.9 Å². The minimum atomic E-state index is -0.0988. The van der Waals surface area contributed by atoms with Crippen LogP contribution >= 0.6 is 0 Å². The number of guanidine groups is 1. The highest BCUT2D eigenvalue weighted by Crippen LogP contribution is 2.19. The highest BCUT2D eigenvalue weighted by atomic mass is 16.5. The zero-order valence-electron chi connectivity index (χ0n) is 15.2. The molecule has 0 aliphatic carbocycles. The Balaban J connectivity index is 1.68. The second-order valence-corrected chi connectivity index (χ2v) is 6.50. The Kier molecular flexibility index (Phi) is 5.88. The first-order chi connectivity index (χ1) is 12.2. The number of aryl methyl sites for hydroxylation is 1. The number of esters is 1. The summed E-state index contributed by atoms with van der Waals surface area (Å²) >= 11 is 0. The van der Waals surface area contributed by atoms with Gasteiger partial charge in [-0.15, -0.1) is 10.2 Å². The predicted molar refractivity (Wildman–Crippen MR) is 94.1 cm³/mol. The maximum Gasteiger partial charge on any atom is 0.310 e. The van der Waals surface area contributed by atoms with E-state index in [1.165, 1.54) is 0 Å². The lowest BCUT2D eigenvalue weighted by Gasteiger charge is -2.34. The zero-order chi connectivity index (χ0) is 17.6. The van der Waals surface area contributed by atoms with Crippen molar-refractivity contribution >= 4 is 11.9 Å². The van der Waals surface area contributed by atoms with Crippen molar-refractivity contribution in [1.82, 2.24) is 25.0 Å². The van der Waals surface area contributed by atoms with Crippen LogP contribution in [-0.4, -0.2) is 57.8 Å². The summed E-state index contributed by atoms with van der Waals surface area (Å²) in [5, 5.41) is 11.8. The van der Waals surface area contributed by atoms with Crippen molar-refractivity contribution < 1.29 is 9.53 Å². The number of hydrogen-bond donors (Lipinski definition) is 1. The number of carbonyl (C=O) groups is 1. The molecule has 0 aromatic carbocycles. The van der Waals surface area contributed by atoms with Crippen molar-refractivity contribution in [3.05, 3.63) is 11.6 Å². The minimum Gasteiger partial charge on any atom is -0.466 e. The second-order valence-electron chi connectivity index (χ2n) is 6.50. The molecule has 0 spiro atoms. The molecule has 2 aliphatic rings. The second kappa shape index (κ2) is 8.31. The van der Waals surface area contributed by atoms with Gasteiger partial charge in [-0.2, -0.15) is 0 Å². The molecule has 1 atom stereocenters. The molecule has 2 aliphatic heterocycles. The van der Waals surface area contributed by atoms with Crippen LogP contribution in [-0.2, 0) is 29.0 Å². The first-order valence-electron chi connectivity index (χ1n) is 9.33. The van der Waals surface area contributed by atoms with Gasteiger partial charge in [-0.05, 0) is 33.1 Å². The molecule has 0 saturated carbocycles. The fourth-order valence-corrected chi connectivity index (χ4v) is 3.52. The van der Waals surface area contributed by atoms with Crippen LogP contribution in [0.5, 0.6) is 0 Å². The number of aliphatic imine (C=N–C) groups is 1. The molecule has 3 rings (SSSR count). The van der Waals surface area contributed by atoms with Gasteiger partial charge in [0.15, 0.2) is 11.8 Å². The number of ether oxygens (including phenoxy) is 1. The number of nitrogens with one attached hydrogen (secondary N) is 1. The first-order valence-corrected chi connectivity index (χ1v) is 9.33. The molecule has 0 amide bonds. The Morgan fingerprint density at radius 3 is 3.00 bits per heavy atom. The van der Waals surface area contributed by atoms with Gasteiger partial charge in [0.2, 0.25) is 0 Å². The third kappa shape index (κ3) is 4.11. The van der Waals surface area contributed by atoms with E-state index in [2.05, 4.69) is 31.9 Å². The van der Waals surface area contributed by atoms with Crippen LogP contribution in [0.2, 0.25) is 0 Å². The van der Waals surface area contributed by atoms with E-state index in [1.807, 2.05) is 6.92 Å². The summed E-state index contributed by atoms with van der Waals surface area (Å²) in [5.41, 5.74) is 0. The van der Waals surface area contributed by atoms with Crippen LogP contribution in [0.3, 0.4) is 0 Å². The molecule has 1 saturated heterocycles. The van der Waals surface area contributed by atoms with Crippen LogP contribution in [0.25, 0.3) is 0 Å². The summed E-state index contributed by atoms with van der Waals surface area (Å²) in [4.78, 5) is 19.0. The van der Waals surface area contributed by atoms with Crippen molar-refractivity contribution in [2.75, 3.05) is 26.2 Å². The maximum atomic E-state index is 12.1. The van der Waals surface area contributed by atoms with E-state index < -0.39 is 0 Å². The van der Waals surface area contributed by atoms with Crippen LogP contribution in [0, 0.1) is 5.92 Å². The summed E-state index contributed by atoms with van der Waals surface area (Å²) in [5.74, 6) is 2.65. The molecular weight excluding hydrogens is 320 g/mol. The number of piperidine rings is 1. The van der Waals surface area contributed by atoms with Crippen LogP contribution in [0.4, 0.5) is 0 Å². The van der Waals surface area contributed by atoms with Gasteiger partial charge in [-0.25, -0.2) is 4.99 Å². The molecule has 1 aromatic rings. The predicted octanol–water partition coefficient (Wildman–Crippen LogP) is 0.965. The van der Waals surface area contributed by atoms with E-state index in [9.17, 15) is 4.79 Å². The monoisotopic (exact) mass is 348 g/mol. The highest BCUT2D eigenvalue weighted by molar-refractivity contribution is 5.81. The fourth-order valence-electron chi connectivity index (χ4n) is 3.52. The molecule has 25 heavy (non-hydrogen) atoms. The number of rotatable bonds is 5. The largest absolute Gasteiger partial charge is 0.466 e. The van der Waals surface area contributed by atoms with Gasteiger partial charge < -0.3 is 19.5 Å². The van der Waals surface area contributed by atoms with Crippen LogP contribution in [0.15, 0.2) is 4.99 Å². The van der Waals surface area contributed by atoms with E-state index in [4.69, 9.17) is 9.73 Å². The Bertz CT molecular complexity index is 627. The zero-order valence-corrected chi connectivity index (χ0v) is 15.2. The number of fused-ring (bicyclic) bond motifs is 1. The molecule has 1 unspecified atom stereocenters. The number of hydrogen-bond acceptors (Lipinski definition) is 5. The van der Waals surface area contributed by atoms with Crippen LogP contribution in [0.1, 0.15) is 44.8 Å². The normalized spacial score (nSPS) is 20.5. The van der Waals surface area contributed by atoms with E-state index in [0.717, 1.165) is 62.9 Å². The van der Waals surface area contributed by atoms with Gasteiger partial charge in [-0.3, -0.25) is 4.79 Å². The third-order valence-electron chi connectivity index (χ3n) is 4.73. The molecule has 1 aromatic heterocycles. The maximum absolute atomic E-state index is 12.1. The Labute approximate surface area is 148 Å². The van der Waals surface area contributed by atoms with E-state index in [0.29, 0.717) is 19.7 Å². The molecule has 0 bridgehead atoms. The Hall–Kier alpha value is -2.12. The number of nitrogens with zero attached hydrogens (tertiary/aromatic N) is 5. The molecule has 3 heterocycles. The van der Waals surface area contributed by atoms with Gasteiger partial charge >= 0.3 is 5.97 Å². The average molecular weight is 348 g/mol. The number of aromatic nitrogens is 3. The number of carbonyl (C=O) groups excluding carboxylic acids is 1. The van der Waals surface area contributed by atoms with Gasteiger partial charge in [0.25, 0.3) is 0 Å². The van der Waals surface area contributed by atoms with Crippen molar-refractivity contribution in [3.8, 4) is 0 Å². The lowest BCUT2D eigenvalue weighted by Crippen LogP contribution is -2.48. The smallest absolute Gasteiger partial charge is 0.310 e. The molecule has 8 heteroatoms. The Morgan fingerprint density at radius 2 is 2.20 bits per heavy atom. The van der Waals surface area contributed by atoms with Crippen molar-refractivity contribution in [2.45, 2.75) is 52.6 Å². The molecule has 138 valence electrons. The van der Waals surface area contributed by atoms with Gasteiger partial charge in [0.05, 0.1) is 12.5 Å². The molecule has 8 nitrogen and oxygen atoms in total. The topological polar surface area (TPSA) is 84.6 Å². The lowest BCUT2D eigenvalue weighted by atomic mass is 9.98. The van der Waals surface area contributed by atoms with Crippen molar-refractivity contribution in [2.24, 2.45) is 10.9 Å². The third-order valence-corrected chi connectivity index (χ3v) is 4.73. The van der Waals surface area contributed by atoms with Crippen LogP contribution < -0.4 is 5.32 Å². The summed E-state index contributed by atoms with van der Waals surface area (Å²) in [6, 6.07) is 0. The molecule has 0 radical (unpaired) electrons. The SMILES string of the molecule is CCNC(=NCc1nnc2n1CCC2)N1CCCC(C(=O)OCC)C1.